The number of aliphatic hydroxyl groups excluding tert-OH is 1. The third-order valence-electron chi connectivity index (χ3n) is 3.18. The Morgan fingerprint density at radius 3 is 2.92 bits per heavy atom. The molecule has 0 radical (unpaired) electrons. The molecule has 2 unspecified atom stereocenters. The minimum absolute atomic E-state index is 0.0944. The highest BCUT2D eigenvalue weighted by molar-refractivity contribution is 5.80. The third-order valence-corrected chi connectivity index (χ3v) is 3.18. The van der Waals surface area contributed by atoms with Gasteiger partial charge < -0.3 is 10.2 Å². The summed E-state index contributed by atoms with van der Waals surface area (Å²) < 4.78 is 0. The van der Waals surface area contributed by atoms with Crippen LogP contribution in [0.15, 0.2) is 11.6 Å². The van der Waals surface area contributed by atoms with Gasteiger partial charge in [-0.1, -0.05) is 6.08 Å². The van der Waals surface area contributed by atoms with Gasteiger partial charge in [0, 0.05) is 0 Å². The van der Waals surface area contributed by atoms with E-state index in [1.165, 1.54) is 0 Å². The number of hydrogen-bond donors (Lipinski definition) is 2. The summed E-state index contributed by atoms with van der Waals surface area (Å²) >= 11 is 0. The molecule has 2 aliphatic carbocycles. The van der Waals surface area contributed by atoms with Crippen molar-refractivity contribution in [3.05, 3.63) is 11.6 Å². The zero-order valence-corrected chi connectivity index (χ0v) is 6.79. The number of carboxylic acid groups (broad SMARTS) is 1. The molecule has 3 heteroatoms. The minimum Gasteiger partial charge on any atom is -0.481 e. The van der Waals surface area contributed by atoms with Crippen LogP contribution in [0.3, 0.4) is 0 Å². The first-order valence-corrected chi connectivity index (χ1v) is 4.24. The standard InChI is InChI=1S/C9H12O3/c10-5-7-3-6-1-2-9(7,4-6)8(11)12/h3,6,10H,1-2,4-5H2,(H,11,12). The molecule has 2 rings (SSSR count). The Morgan fingerprint density at radius 1 is 1.75 bits per heavy atom. The van der Waals surface area contributed by atoms with Gasteiger partial charge in [0.2, 0.25) is 0 Å². The predicted octanol–water partition coefficient (Wildman–Crippen LogP) is 0.790. The lowest BCUT2D eigenvalue weighted by Crippen LogP contribution is -2.30. The number of fused-ring (bicyclic) bond motifs is 2. The van der Waals surface area contributed by atoms with Gasteiger partial charge in [0.15, 0.2) is 0 Å². The van der Waals surface area contributed by atoms with E-state index in [2.05, 4.69) is 0 Å². The Bertz CT molecular complexity index is 256. The van der Waals surface area contributed by atoms with E-state index in [-0.39, 0.29) is 6.61 Å². The molecule has 0 aromatic heterocycles. The maximum absolute atomic E-state index is 11.0. The molecular formula is C9H12O3. The Hall–Kier alpha value is -0.830. The van der Waals surface area contributed by atoms with Crippen LogP contribution >= 0.6 is 0 Å². The van der Waals surface area contributed by atoms with Crippen molar-refractivity contribution in [3.8, 4) is 0 Å². The van der Waals surface area contributed by atoms with Crippen LogP contribution in [0.1, 0.15) is 19.3 Å². The quantitative estimate of drug-likeness (QED) is 0.599. The fraction of sp³-hybridized carbons (Fsp3) is 0.667. The van der Waals surface area contributed by atoms with Gasteiger partial charge in [-0.3, -0.25) is 4.79 Å². The van der Waals surface area contributed by atoms with E-state index in [1.807, 2.05) is 6.08 Å². The Kier molecular flexibility index (Phi) is 1.51. The molecule has 3 nitrogen and oxygen atoms in total. The van der Waals surface area contributed by atoms with E-state index >= 15 is 0 Å². The summed E-state index contributed by atoms with van der Waals surface area (Å²) in [5.41, 5.74) is 0.0330. The normalized spacial score (nSPS) is 38.4. The van der Waals surface area contributed by atoms with Crippen molar-refractivity contribution in [2.45, 2.75) is 19.3 Å². The second-order valence-corrected chi connectivity index (χ2v) is 3.74. The zero-order chi connectivity index (χ0) is 8.77. The number of allylic oxidation sites excluding steroid dienone is 1. The van der Waals surface area contributed by atoms with Gasteiger partial charge in [0.25, 0.3) is 0 Å². The van der Waals surface area contributed by atoms with Crippen LogP contribution in [0.5, 0.6) is 0 Å². The molecule has 1 saturated carbocycles. The number of aliphatic hydroxyl groups is 1. The summed E-state index contributed by atoms with van der Waals surface area (Å²) in [6.07, 6.45) is 4.32. The first kappa shape index (κ1) is 7.80. The average Bonchev–Trinajstić information content (AvgIpc) is 2.60. The summed E-state index contributed by atoms with van der Waals surface area (Å²) in [6.45, 7) is -0.0944. The molecule has 0 aromatic rings. The Labute approximate surface area is 70.7 Å². The predicted molar refractivity (Wildman–Crippen MR) is 42.6 cm³/mol. The highest BCUT2D eigenvalue weighted by Gasteiger charge is 2.51. The van der Waals surface area contributed by atoms with Gasteiger partial charge in [-0.05, 0) is 30.8 Å². The fourth-order valence-corrected chi connectivity index (χ4v) is 2.50. The smallest absolute Gasteiger partial charge is 0.313 e. The number of aliphatic carboxylic acids is 1. The Morgan fingerprint density at radius 2 is 2.50 bits per heavy atom. The van der Waals surface area contributed by atoms with E-state index in [9.17, 15) is 4.79 Å². The molecule has 2 atom stereocenters. The Balaban J connectivity index is 2.36. The SMILES string of the molecule is O=C(O)C12CCC(C=C1CO)C2. The van der Waals surface area contributed by atoms with Crippen LogP contribution in [0.4, 0.5) is 0 Å². The van der Waals surface area contributed by atoms with Crippen LogP contribution in [0.2, 0.25) is 0 Å². The van der Waals surface area contributed by atoms with E-state index < -0.39 is 11.4 Å². The first-order valence-electron chi connectivity index (χ1n) is 4.24. The molecule has 12 heavy (non-hydrogen) atoms. The van der Waals surface area contributed by atoms with Crippen molar-refractivity contribution in [1.29, 1.82) is 0 Å². The molecule has 0 spiro atoms. The lowest BCUT2D eigenvalue weighted by atomic mass is 9.81. The van der Waals surface area contributed by atoms with Crippen molar-refractivity contribution in [2.24, 2.45) is 11.3 Å². The highest BCUT2D eigenvalue weighted by Crippen LogP contribution is 2.53. The minimum atomic E-state index is -0.761. The molecule has 66 valence electrons. The second kappa shape index (κ2) is 2.33. The monoisotopic (exact) mass is 168 g/mol. The number of hydrogen-bond acceptors (Lipinski definition) is 2. The molecule has 1 fully saturated rings. The lowest BCUT2D eigenvalue weighted by Gasteiger charge is -2.23. The molecular weight excluding hydrogens is 156 g/mol. The van der Waals surface area contributed by atoms with Gasteiger partial charge in [-0.2, -0.15) is 0 Å². The molecule has 0 aliphatic heterocycles. The summed E-state index contributed by atoms with van der Waals surface area (Å²) in [5, 5.41) is 18.0. The van der Waals surface area contributed by atoms with E-state index in [1.54, 1.807) is 0 Å². The van der Waals surface area contributed by atoms with Gasteiger partial charge >= 0.3 is 5.97 Å². The summed E-state index contributed by atoms with van der Waals surface area (Å²) in [7, 11) is 0. The summed E-state index contributed by atoms with van der Waals surface area (Å²) in [4.78, 5) is 11.0. The molecule has 2 N–H and O–H groups in total. The number of carbonyl (C=O) groups is 1. The van der Waals surface area contributed by atoms with Crippen molar-refractivity contribution < 1.29 is 15.0 Å². The van der Waals surface area contributed by atoms with Crippen LogP contribution in [0, 0.1) is 11.3 Å². The fourth-order valence-electron chi connectivity index (χ4n) is 2.50. The van der Waals surface area contributed by atoms with Crippen molar-refractivity contribution in [2.75, 3.05) is 6.61 Å². The molecule has 2 aliphatic rings. The van der Waals surface area contributed by atoms with Crippen molar-refractivity contribution in [3.63, 3.8) is 0 Å². The van der Waals surface area contributed by atoms with Crippen LogP contribution in [-0.2, 0) is 4.79 Å². The van der Waals surface area contributed by atoms with Gasteiger partial charge in [-0.25, -0.2) is 0 Å². The topological polar surface area (TPSA) is 57.5 Å². The summed E-state index contributed by atoms with van der Waals surface area (Å²) in [5.74, 6) is -0.356. The van der Waals surface area contributed by atoms with E-state index in [0.29, 0.717) is 18.8 Å². The van der Waals surface area contributed by atoms with Gasteiger partial charge in [0.1, 0.15) is 0 Å². The number of rotatable bonds is 2. The lowest BCUT2D eigenvalue weighted by molar-refractivity contribution is -0.146. The molecule has 0 saturated heterocycles. The largest absolute Gasteiger partial charge is 0.481 e. The summed E-state index contributed by atoms with van der Waals surface area (Å²) in [6, 6.07) is 0. The second-order valence-electron chi connectivity index (χ2n) is 3.74. The molecule has 2 bridgehead atoms. The first-order chi connectivity index (χ1) is 5.69. The van der Waals surface area contributed by atoms with E-state index in [0.717, 1.165) is 12.0 Å². The van der Waals surface area contributed by atoms with Crippen LogP contribution < -0.4 is 0 Å². The van der Waals surface area contributed by atoms with Crippen LogP contribution in [-0.4, -0.2) is 22.8 Å². The maximum atomic E-state index is 11.0. The van der Waals surface area contributed by atoms with E-state index in [4.69, 9.17) is 10.2 Å². The number of carboxylic acids is 1. The van der Waals surface area contributed by atoms with Crippen molar-refractivity contribution >= 4 is 5.97 Å². The third kappa shape index (κ3) is 0.771. The zero-order valence-electron chi connectivity index (χ0n) is 6.79. The van der Waals surface area contributed by atoms with Crippen LogP contribution in [0.25, 0.3) is 0 Å². The molecule has 0 amide bonds. The molecule has 0 heterocycles. The van der Waals surface area contributed by atoms with Gasteiger partial charge in [0.05, 0.1) is 12.0 Å². The highest BCUT2D eigenvalue weighted by atomic mass is 16.4. The van der Waals surface area contributed by atoms with Crippen molar-refractivity contribution in [1.82, 2.24) is 0 Å². The maximum Gasteiger partial charge on any atom is 0.313 e. The average molecular weight is 168 g/mol. The van der Waals surface area contributed by atoms with Gasteiger partial charge in [-0.15, -0.1) is 0 Å². The molecule has 0 aromatic carbocycles.